The van der Waals surface area contributed by atoms with Crippen molar-refractivity contribution in [2.24, 2.45) is 11.1 Å². The van der Waals surface area contributed by atoms with Crippen molar-refractivity contribution >= 4 is 0 Å². The lowest BCUT2D eigenvalue weighted by atomic mass is 9.69. The van der Waals surface area contributed by atoms with Crippen molar-refractivity contribution in [2.75, 3.05) is 0 Å². The molecule has 0 amide bonds. The van der Waals surface area contributed by atoms with Crippen molar-refractivity contribution in [1.82, 2.24) is 0 Å². The van der Waals surface area contributed by atoms with Crippen LogP contribution in [0.5, 0.6) is 0 Å². The fourth-order valence-corrected chi connectivity index (χ4v) is 2.52. The summed E-state index contributed by atoms with van der Waals surface area (Å²) in [6.45, 7) is 6.22. The van der Waals surface area contributed by atoms with Gasteiger partial charge in [0.1, 0.15) is 0 Å². The third kappa shape index (κ3) is 2.46. The van der Waals surface area contributed by atoms with E-state index in [2.05, 4.69) is 13.8 Å². The van der Waals surface area contributed by atoms with E-state index < -0.39 is 5.60 Å². The van der Waals surface area contributed by atoms with Gasteiger partial charge in [0.05, 0.1) is 5.60 Å². The summed E-state index contributed by atoms with van der Waals surface area (Å²) in [6.07, 6.45) is 2.65. The normalized spacial score (nSPS) is 43.9. The molecule has 0 unspecified atom stereocenters. The molecule has 11 heavy (non-hydrogen) atoms. The molecule has 1 fully saturated rings. The molecule has 0 heterocycles. The predicted molar refractivity (Wildman–Crippen MR) is 46.2 cm³/mol. The van der Waals surface area contributed by atoms with Crippen LogP contribution in [0.4, 0.5) is 0 Å². The molecule has 0 aromatic rings. The zero-order valence-electron chi connectivity index (χ0n) is 7.72. The van der Waals surface area contributed by atoms with Gasteiger partial charge < -0.3 is 10.8 Å². The molecule has 0 aliphatic heterocycles. The van der Waals surface area contributed by atoms with Crippen LogP contribution >= 0.6 is 0 Å². The Morgan fingerprint density at radius 2 is 1.82 bits per heavy atom. The van der Waals surface area contributed by atoms with E-state index in [9.17, 15) is 5.11 Å². The molecule has 0 radical (unpaired) electrons. The van der Waals surface area contributed by atoms with Crippen molar-refractivity contribution in [1.29, 1.82) is 0 Å². The van der Waals surface area contributed by atoms with Crippen LogP contribution in [-0.2, 0) is 0 Å². The topological polar surface area (TPSA) is 46.2 Å². The standard InChI is InChI=1S/C9H19NO/c1-8(2)4-7(10)5-9(3,11)6-8/h7,11H,4-6,10H2,1-3H3/t7-,9+/m0/s1. The molecule has 1 aliphatic carbocycles. The Kier molecular flexibility index (Phi) is 2.01. The highest BCUT2D eigenvalue weighted by Crippen LogP contribution is 2.39. The quantitative estimate of drug-likeness (QED) is 0.556. The lowest BCUT2D eigenvalue weighted by molar-refractivity contribution is -0.0308. The highest BCUT2D eigenvalue weighted by molar-refractivity contribution is 4.92. The predicted octanol–water partition coefficient (Wildman–Crippen LogP) is 1.27. The molecule has 0 aromatic carbocycles. The van der Waals surface area contributed by atoms with Crippen LogP contribution in [0.2, 0.25) is 0 Å². The Morgan fingerprint density at radius 3 is 2.18 bits per heavy atom. The van der Waals surface area contributed by atoms with Crippen molar-refractivity contribution in [2.45, 2.75) is 51.7 Å². The summed E-state index contributed by atoms with van der Waals surface area (Å²) in [5.74, 6) is 0. The van der Waals surface area contributed by atoms with E-state index in [1.54, 1.807) is 0 Å². The summed E-state index contributed by atoms with van der Waals surface area (Å²) < 4.78 is 0. The summed E-state index contributed by atoms with van der Waals surface area (Å²) in [5, 5.41) is 9.80. The van der Waals surface area contributed by atoms with E-state index in [1.165, 1.54) is 0 Å². The van der Waals surface area contributed by atoms with Crippen LogP contribution in [0.25, 0.3) is 0 Å². The first kappa shape index (κ1) is 9.01. The molecule has 1 aliphatic rings. The second-order valence-corrected chi connectivity index (χ2v) is 5.01. The monoisotopic (exact) mass is 157 g/mol. The lowest BCUT2D eigenvalue weighted by Crippen LogP contribution is -2.45. The minimum atomic E-state index is -0.541. The first-order valence-corrected chi connectivity index (χ1v) is 4.29. The fraction of sp³-hybridized carbons (Fsp3) is 1.00. The fourth-order valence-electron chi connectivity index (χ4n) is 2.52. The smallest absolute Gasteiger partial charge is 0.0639 e. The molecular weight excluding hydrogens is 138 g/mol. The van der Waals surface area contributed by atoms with Crippen LogP contribution in [-0.4, -0.2) is 16.7 Å². The summed E-state index contributed by atoms with van der Waals surface area (Å²) in [6, 6.07) is 0.175. The number of nitrogens with two attached hydrogens (primary N) is 1. The number of hydrogen-bond acceptors (Lipinski definition) is 2. The van der Waals surface area contributed by atoms with Gasteiger partial charge in [-0.1, -0.05) is 13.8 Å². The molecule has 0 aromatic heterocycles. The van der Waals surface area contributed by atoms with Crippen LogP contribution in [0.3, 0.4) is 0 Å². The van der Waals surface area contributed by atoms with E-state index in [4.69, 9.17) is 5.73 Å². The largest absolute Gasteiger partial charge is 0.390 e. The van der Waals surface area contributed by atoms with Crippen LogP contribution < -0.4 is 5.73 Å². The highest BCUT2D eigenvalue weighted by Gasteiger charge is 2.38. The molecule has 1 rings (SSSR count). The Labute approximate surface area is 68.8 Å². The molecule has 0 saturated heterocycles. The van der Waals surface area contributed by atoms with Crippen molar-refractivity contribution in [3.05, 3.63) is 0 Å². The Morgan fingerprint density at radius 1 is 1.27 bits per heavy atom. The van der Waals surface area contributed by atoms with Crippen LogP contribution in [0, 0.1) is 5.41 Å². The number of hydrogen-bond donors (Lipinski definition) is 2. The van der Waals surface area contributed by atoms with Gasteiger partial charge in [0, 0.05) is 6.04 Å². The molecule has 0 spiro atoms. The van der Waals surface area contributed by atoms with Gasteiger partial charge in [-0.15, -0.1) is 0 Å². The average molecular weight is 157 g/mol. The van der Waals surface area contributed by atoms with Gasteiger partial charge in [-0.05, 0) is 31.6 Å². The Balaban J connectivity index is 2.66. The second kappa shape index (κ2) is 2.46. The maximum Gasteiger partial charge on any atom is 0.0639 e. The molecule has 2 nitrogen and oxygen atoms in total. The van der Waals surface area contributed by atoms with Gasteiger partial charge >= 0.3 is 0 Å². The SMILES string of the molecule is CC1(C)C[C@H](N)C[C@@](C)(O)C1. The van der Waals surface area contributed by atoms with E-state index >= 15 is 0 Å². The summed E-state index contributed by atoms with van der Waals surface area (Å²) in [5.41, 5.74) is 5.49. The first-order chi connectivity index (χ1) is 4.81. The molecule has 2 heteroatoms. The Bertz CT molecular complexity index is 136. The molecule has 66 valence electrons. The molecule has 1 saturated carbocycles. The molecule has 3 N–H and O–H groups in total. The van der Waals surface area contributed by atoms with Gasteiger partial charge in [-0.3, -0.25) is 0 Å². The minimum Gasteiger partial charge on any atom is -0.390 e. The van der Waals surface area contributed by atoms with Crippen molar-refractivity contribution in [3.8, 4) is 0 Å². The maximum atomic E-state index is 9.80. The zero-order valence-corrected chi connectivity index (χ0v) is 7.72. The second-order valence-electron chi connectivity index (χ2n) is 5.01. The molecule has 0 bridgehead atoms. The summed E-state index contributed by atoms with van der Waals surface area (Å²) in [4.78, 5) is 0. The van der Waals surface area contributed by atoms with E-state index in [0.717, 1.165) is 19.3 Å². The summed E-state index contributed by atoms with van der Waals surface area (Å²) >= 11 is 0. The van der Waals surface area contributed by atoms with Gasteiger partial charge in [0.15, 0.2) is 0 Å². The first-order valence-electron chi connectivity index (χ1n) is 4.29. The Hall–Kier alpha value is -0.0800. The zero-order chi connectivity index (χ0) is 8.70. The maximum absolute atomic E-state index is 9.80. The average Bonchev–Trinajstić information content (AvgIpc) is 1.49. The van der Waals surface area contributed by atoms with Gasteiger partial charge in [-0.2, -0.15) is 0 Å². The summed E-state index contributed by atoms with van der Waals surface area (Å²) in [7, 11) is 0. The van der Waals surface area contributed by atoms with Gasteiger partial charge in [0.25, 0.3) is 0 Å². The van der Waals surface area contributed by atoms with E-state index in [-0.39, 0.29) is 11.5 Å². The lowest BCUT2D eigenvalue weighted by Gasteiger charge is -2.42. The third-order valence-electron chi connectivity index (χ3n) is 2.38. The number of aliphatic hydroxyl groups is 1. The minimum absolute atomic E-state index is 0.175. The molecular formula is C9H19NO. The highest BCUT2D eigenvalue weighted by atomic mass is 16.3. The van der Waals surface area contributed by atoms with E-state index in [0.29, 0.717) is 0 Å². The van der Waals surface area contributed by atoms with Crippen molar-refractivity contribution < 1.29 is 5.11 Å². The van der Waals surface area contributed by atoms with Crippen LogP contribution in [0.1, 0.15) is 40.0 Å². The molecule has 2 atom stereocenters. The van der Waals surface area contributed by atoms with Crippen LogP contribution in [0.15, 0.2) is 0 Å². The van der Waals surface area contributed by atoms with Gasteiger partial charge in [-0.25, -0.2) is 0 Å². The van der Waals surface area contributed by atoms with Crippen molar-refractivity contribution in [3.63, 3.8) is 0 Å². The van der Waals surface area contributed by atoms with Gasteiger partial charge in [0.2, 0.25) is 0 Å². The number of rotatable bonds is 0. The van der Waals surface area contributed by atoms with E-state index in [1.807, 2.05) is 6.92 Å². The third-order valence-corrected chi connectivity index (χ3v) is 2.38.